The first-order valence-electron chi connectivity index (χ1n) is 10.8. The molecule has 0 saturated carbocycles. The van der Waals surface area contributed by atoms with Crippen LogP contribution in [0.4, 0.5) is 0 Å². The Morgan fingerprint density at radius 3 is 2.41 bits per heavy atom. The summed E-state index contributed by atoms with van der Waals surface area (Å²) in [7, 11) is 0. The number of aromatic nitrogens is 4. The summed E-state index contributed by atoms with van der Waals surface area (Å²) in [5.74, 6) is 0.635. The zero-order valence-corrected chi connectivity index (χ0v) is 19.6. The molecule has 0 radical (unpaired) electrons. The van der Waals surface area contributed by atoms with Gasteiger partial charge in [0.25, 0.3) is 5.56 Å². The molecule has 2 aromatic heterocycles. The molecule has 0 bridgehead atoms. The second-order valence-corrected chi connectivity index (χ2v) is 8.83. The van der Waals surface area contributed by atoms with E-state index in [0.29, 0.717) is 16.3 Å². The van der Waals surface area contributed by atoms with E-state index in [0.717, 1.165) is 35.2 Å². The van der Waals surface area contributed by atoms with Crippen molar-refractivity contribution in [2.45, 2.75) is 51.7 Å². The molecule has 8 heteroatoms. The molecule has 0 aliphatic carbocycles. The Bertz CT molecular complexity index is 1330. The van der Waals surface area contributed by atoms with Gasteiger partial charge in [-0.15, -0.1) is 10.2 Å². The van der Waals surface area contributed by atoms with E-state index in [1.165, 1.54) is 11.8 Å². The number of thioether (sulfide) groups is 1. The molecule has 2 heterocycles. The minimum Gasteiger partial charge on any atom is -0.353 e. The highest BCUT2D eigenvalue weighted by Gasteiger charge is 2.20. The van der Waals surface area contributed by atoms with Crippen LogP contribution in [0, 0.1) is 13.8 Å². The van der Waals surface area contributed by atoms with Gasteiger partial charge < -0.3 is 5.32 Å². The monoisotopic (exact) mass is 449 g/mol. The van der Waals surface area contributed by atoms with Gasteiger partial charge in [0.15, 0.2) is 5.16 Å². The summed E-state index contributed by atoms with van der Waals surface area (Å²) in [5.41, 5.74) is 3.35. The minimum atomic E-state index is -0.138. The van der Waals surface area contributed by atoms with Gasteiger partial charge >= 0.3 is 0 Å². The maximum atomic E-state index is 13.5. The highest BCUT2D eigenvalue weighted by atomic mass is 32.2. The van der Waals surface area contributed by atoms with Gasteiger partial charge in [-0.05, 0) is 49.9 Å². The van der Waals surface area contributed by atoms with Crippen LogP contribution in [0.25, 0.3) is 22.4 Å². The third-order valence-corrected chi connectivity index (χ3v) is 6.67. The van der Waals surface area contributed by atoms with Crippen LogP contribution in [0.2, 0.25) is 0 Å². The van der Waals surface area contributed by atoms with Gasteiger partial charge in [0.2, 0.25) is 11.7 Å². The molecular formula is C24H27N5O2S. The fourth-order valence-corrected chi connectivity index (χ4v) is 4.78. The van der Waals surface area contributed by atoms with E-state index in [9.17, 15) is 9.59 Å². The van der Waals surface area contributed by atoms with Crippen molar-refractivity contribution < 1.29 is 4.79 Å². The molecule has 32 heavy (non-hydrogen) atoms. The van der Waals surface area contributed by atoms with Crippen molar-refractivity contribution in [3.63, 3.8) is 0 Å². The molecule has 0 atom stereocenters. The van der Waals surface area contributed by atoms with Gasteiger partial charge in [0.1, 0.15) is 0 Å². The van der Waals surface area contributed by atoms with Crippen LogP contribution >= 0.6 is 11.8 Å². The largest absolute Gasteiger partial charge is 0.353 e. The Morgan fingerprint density at radius 1 is 1.03 bits per heavy atom. The van der Waals surface area contributed by atoms with Crippen LogP contribution in [-0.2, 0) is 4.79 Å². The predicted molar refractivity (Wildman–Crippen MR) is 129 cm³/mol. The smallest absolute Gasteiger partial charge is 0.267 e. The van der Waals surface area contributed by atoms with E-state index >= 15 is 0 Å². The number of fused-ring (bicyclic) bond motifs is 3. The lowest BCUT2D eigenvalue weighted by atomic mass is 10.1. The summed E-state index contributed by atoms with van der Waals surface area (Å²) < 4.78 is 3.51. The molecular weight excluding hydrogens is 422 g/mol. The molecule has 0 unspecified atom stereocenters. The van der Waals surface area contributed by atoms with E-state index in [1.807, 2.05) is 60.7 Å². The average Bonchev–Trinajstić information content (AvgIpc) is 3.21. The molecule has 7 nitrogen and oxygen atoms in total. The van der Waals surface area contributed by atoms with Gasteiger partial charge in [-0.2, -0.15) is 0 Å². The molecule has 4 rings (SSSR count). The van der Waals surface area contributed by atoms with Crippen molar-refractivity contribution >= 4 is 34.3 Å². The van der Waals surface area contributed by atoms with Crippen molar-refractivity contribution in [3.05, 3.63) is 63.9 Å². The summed E-state index contributed by atoms with van der Waals surface area (Å²) in [5, 5.41) is 12.9. The summed E-state index contributed by atoms with van der Waals surface area (Å²) in [6, 6.07) is 13.5. The Labute approximate surface area is 190 Å². The third-order valence-electron chi connectivity index (χ3n) is 5.74. The van der Waals surface area contributed by atoms with Gasteiger partial charge in [0.05, 0.1) is 22.3 Å². The second kappa shape index (κ2) is 9.16. The van der Waals surface area contributed by atoms with Crippen LogP contribution in [0.3, 0.4) is 0 Å². The van der Waals surface area contributed by atoms with E-state index in [1.54, 1.807) is 4.57 Å². The van der Waals surface area contributed by atoms with E-state index < -0.39 is 0 Å². The Balaban J connectivity index is 1.86. The van der Waals surface area contributed by atoms with E-state index in [4.69, 9.17) is 0 Å². The molecule has 2 aromatic carbocycles. The minimum absolute atomic E-state index is 0.0344. The van der Waals surface area contributed by atoms with E-state index in [-0.39, 0.29) is 23.3 Å². The molecule has 4 aromatic rings. The standard InChI is InChI=1S/C24H27N5O2S/c1-5-17(6-2)25-20(30)14-32-24-27-26-23-28(24)19-13-8-7-12-18(19)22(31)29(23)21-15(3)10-9-11-16(21)4/h7-13,17H,5-6,14H2,1-4H3,(H,25,30). The number of rotatable bonds is 7. The number of hydrogen-bond acceptors (Lipinski definition) is 5. The number of benzene rings is 2. The Morgan fingerprint density at radius 2 is 1.72 bits per heavy atom. The highest BCUT2D eigenvalue weighted by molar-refractivity contribution is 7.99. The van der Waals surface area contributed by atoms with Crippen molar-refractivity contribution in [2.75, 3.05) is 5.75 Å². The molecule has 166 valence electrons. The number of carbonyl (C=O) groups is 1. The lowest BCUT2D eigenvalue weighted by molar-refractivity contribution is -0.119. The topological polar surface area (TPSA) is 81.3 Å². The molecule has 0 spiro atoms. The number of nitrogens with zero attached hydrogens (tertiary/aromatic N) is 4. The summed E-state index contributed by atoms with van der Waals surface area (Å²) in [6.45, 7) is 8.09. The number of carbonyl (C=O) groups excluding carboxylic acids is 1. The first kappa shape index (κ1) is 22.1. The summed E-state index contributed by atoms with van der Waals surface area (Å²) >= 11 is 1.32. The maximum absolute atomic E-state index is 13.5. The van der Waals surface area contributed by atoms with Crippen molar-refractivity contribution in [1.82, 2.24) is 24.5 Å². The zero-order valence-electron chi connectivity index (χ0n) is 18.8. The lowest BCUT2D eigenvalue weighted by Gasteiger charge is -2.16. The number of amides is 1. The second-order valence-electron chi connectivity index (χ2n) is 7.89. The normalized spacial score (nSPS) is 11.5. The summed E-state index contributed by atoms with van der Waals surface area (Å²) in [6.07, 6.45) is 1.79. The highest BCUT2D eigenvalue weighted by Crippen LogP contribution is 2.25. The first-order valence-corrected chi connectivity index (χ1v) is 11.8. The Kier molecular flexibility index (Phi) is 6.32. The van der Waals surface area contributed by atoms with Crippen molar-refractivity contribution in [1.29, 1.82) is 0 Å². The summed E-state index contributed by atoms with van der Waals surface area (Å²) in [4.78, 5) is 26.0. The molecule has 0 aliphatic heterocycles. The first-order chi connectivity index (χ1) is 15.5. The molecule has 0 fully saturated rings. The lowest BCUT2D eigenvalue weighted by Crippen LogP contribution is -2.35. The average molecular weight is 450 g/mol. The molecule has 1 N–H and O–H groups in total. The van der Waals surface area contributed by atoms with Gasteiger partial charge in [0, 0.05) is 6.04 Å². The number of nitrogens with one attached hydrogen (secondary N) is 1. The van der Waals surface area contributed by atoms with E-state index in [2.05, 4.69) is 29.4 Å². The van der Waals surface area contributed by atoms with Gasteiger partial charge in [-0.3, -0.25) is 14.0 Å². The van der Waals surface area contributed by atoms with Gasteiger partial charge in [-0.1, -0.05) is 55.9 Å². The van der Waals surface area contributed by atoms with Crippen LogP contribution in [-0.4, -0.2) is 36.9 Å². The van der Waals surface area contributed by atoms with Crippen molar-refractivity contribution in [2.24, 2.45) is 0 Å². The number of aryl methyl sites for hydroxylation is 2. The van der Waals surface area contributed by atoms with Gasteiger partial charge in [-0.25, -0.2) is 4.57 Å². The SMILES string of the molecule is CCC(CC)NC(=O)CSc1nnc2n(-c3c(C)cccc3C)c(=O)c3ccccc3n12. The third kappa shape index (κ3) is 3.90. The quantitative estimate of drug-likeness (QED) is 0.431. The van der Waals surface area contributed by atoms with Crippen LogP contribution < -0.4 is 10.9 Å². The fourth-order valence-electron chi connectivity index (χ4n) is 4.02. The Hall–Kier alpha value is -3.13. The molecule has 1 amide bonds. The van der Waals surface area contributed by atoms with Crippen LogP contribution in [0.1, 0.15) is 37.8 Å². The van der Waals surface area contributed by atoms with Crippen LogP contribution in [0.15, 0.2) is 52.4 Å². The van der Waals surface area contributed by atoms with Crippen LogP contribution in [0.5, 0.6) is 0 Å². The zero-order chi connectivity index (χ0) is 22.8. The maximum Gasteiger partial charge on any atom is 0.267 e. The predicted octanol–water partition coefficient (Wildman–Crippen LogP) is 4.05. The fraction of sp³-hybridized carbons (Fsp3) is 0.333. The number of para-hydroxylation sites is 2. The number of hydrogen-bond donors (Lipinski definition) is 1. The molecule has 0 saturated heterocycles. The van der Waals surface area contributed by atoms with Crippen molar-refractivity contribution in [3.8, 4) is 5.69 Å². The molecule has 0 aliphatic rings.